The minimum Gasteiger partial charge on any atom is -0.456 e. The van der Waals surface area contributed by atoms with E-state index in [1.807, 2.05) is 18.2 Å². The summed E-state index contributed by atoms with van der Waals surface area (Å²) in [4.78, 5) is 12.9. The molecule has 2 heterocycles. The number of fused-ring (bicyclic) bond motifs is 5. The zero-order chi connectivity index (χ0) is 39.3. The molecule has 1 atom stereocenters. The Balaban J connectivity index is 1.04. The van der Waals surface area contributed by atoms with E-state index in [2.05, 4.69) is 194 Å². The Morgan fingerprint density at radius 2 is 1.29 bits per heavy atom. The predicted octanol–water partition coefficient (Wildman–Crippen LogP) is 15.1. The molecular weight excluding hydrogens is 719 g/mol. The summed E-state index contributed by atoms with van der Waals surface area (Å²) < 4.78 is 6.71. The number of hydrogen-bond donors (Lipinski definition) is 0. The lowest BCUT2D eigenvalue weighted by molar-refractivity contribution is 0.669. The summed E-state index contributed by atoms with van der Waals surface area (Å²) in [5.74, 6) is 0.915. The van der Waals surface area contributed by atoms with Crippen molar-refractivity contribution in [2.24, 2.45) is 0 Å². The third kappa shape index (κ3) is 6.18. The molecule has 0 radical (unpaired) electrons. The van der Waals surface area contributed by atoms with E-state index >= 15 is 0 Å². The maximum absolute atomic E-state index is 6.71. The molecule has 0 aliphatic heterocycles. The van der Waals surface area contributed by atoms with Crippen molar-refractivity contribution in [3.05, 3.63) is 211 Å². The van der Waals surface area contributed by atoms with Crippen molar-refractivity contribution in [3.63, 3.8) is 0 Å². The summed E-state index contributed by atoms with van der Waals surface area (Å²) in [7, 11) is 0. The minimum atomic E-state index is 0.181. The van der Waals surface area contributed by atoms with Crippen molar-refractivity contribution in [1.29, 1.82) is 0 Å². The first kappa shape index (κ1) is 34.7. The Bertz CT molecular complexity index is 3280. The molecule has 0 N–H and O–H groups in total. The molecule has 10 aromatic rings. The van der Waals surface area contributed by atoms with Gasteiger partial charge in [0.05, 0.1) is 17.1 Å². The van der Waals surface area contributed by atoms with Gasteiger partial charge in [0.15, 0.2) is 5.82 Å². The number of rotatable bonds is 7. The molecule has 59 heavy (non-hydrogen) atoms. The fourth-order valence-electron chi connectivity index (χ4n) is 8.83. The second-order valence-corrected chi connectivity index (χ2v) is 15.3. The van der Waals surface area contributed by atoms with Gasteiger partial charge in [-0.2, -0.15) is 0 Å². The Labute approximate surface area is 343 Å². The lowest BCUT2D eigenvalue weighted by atomic mass is 9.91. The molecule has 2 aromatic heterocycles. The summed E-state index contributed by atoms with van der Waals surface area (Å²) in [5, 5.41) is 6.94. The monoisotopic (exact) mass is 757 g/mol. The topological polar surface area (TPSA) is 42.2 Å². The SMILES string of the molecule is Cc1c(-c2cccc3oc4cc(-c5cccc(N(c6ccc7ccccc7c6)c6cccc7ccccc67)c5)ccc4c23)nc(-c2ccccc2)nc1C1C=CC=CC1. The molecule has 0 spiro atoms. The zero-order valence-electron chi connectivity index (χ0n) is 32.6. The lowest BCUT2D eigenvalue weighted by Crippen LogP contribution is -2.10. The lowest BCUT2D eigenvalue weighted by Gasteiger charge is -2.27. The molecule has 0 saturated carbocycles. The Morgan fingerprint density at radius 3 is 2.17 bits per heavy atom. The summed E-state index contributed by atoms with van der Waals surface area (Å²) in [6.45, 7) is 2.16. The number of nitrogens with zero attached hydrogens (tertiary/aromatic N) is 3. The van der Waals surface area contributed by atoms with Gasteiger partial charge in [0.25, 0.3) is 0 Å². The maximum Gasteiger partial charge on any atom is 0.160 e. The van der Waals surface area contributed by atoms with Crippen LogP contribution in [0.5, 0.6) is 0 Å². The third-order valence-corrected chi connectivity index (χ3v) is 11.7. The molecule has 4 heteroatoms. The average molecular weight is 758 g/mol. The van der Waals surface area contributed by atoms with Crippen LogP contribution in [0.4, 0.5) is 17.1 Å². The molecule has 280 valence electrons. The van der Waals surface area contributed by atoms with Crippen LogP contribution in [-0.2, 0) is 0 Å². The highest BCUT2D eigenvalue weighted by Gasteiger charge is 2.23. The van der Waals surface area contributed by atoms with Gasteiger partial charge >= 0.3 is 0 Å². The molecule has 0 amide bonds. The van der Waals surface area contributed by atoms with E-state index in [0.29, 0.717) is 0 Å². The average Bonchev–Trinajstić information content (AvgIpc) is 3.68. The second-order valence-electron chi connectivity index (χ2n) is 15.3. The molecule has 0 bridgehead atoms. The van der Waals surface area contributed by atoms with E-state index < -0.39 is 0 Å². The molecule has 0 fully saturated rings. The fraction of sp³-hybridized carbons (Fsp3) is 0.0545. The van der Waals surface area contributed by atoms with Crippen LogP contribution in [0, 0.1) is 6.92 Å². The molecule has 8 aromatic carbocycles. The van der Waals surface area contributed by atoms with Gasteiger partial charge in [-0.1, -0.05) is 152 Å². The summed E-state index contributed by atoms with van der Waals surface area (Å²) in [6.07, 6.45) is 9.62. The maximum atomic E-state index is 6.71. The Kier molecular flexibility index (Phi) is 8.48. The molecule has 11 rings (SSSR count). The van der Waals surface area contributed by atoms with Crippen LogP contribution >= 0.6 is 0 Å². The molecule has 0 saturated heterocycles. The van der Waals surface area contributed by atoms with Gasteiger partial charge in [-0.05, 0) is 94.7 Å². The minimum absolute atomic E-state index is 0.181. The smallest absolute Gasteiger partial charge is 0.160 e. The van der Waals surface area contributed by atoms with Gasteiger partial charge in [-0.15, -0.1) is 0 Å². The van der Waals surface area contributed by atoms with Crippen LogP contribution in [0.2, 0.25) is 0 Å². The first-order chi connectivity index (χ1) is 29.2. The van der Waals surface area contributed by atoms with Gasteiger partial charge < -0.3 is 9.32 Å². The van der Waals surface area contributed by atoms with Crippen molar-refractivity contribution in [2.75, 3.05) is 4.90 Å². The highest BCUT2D eigenvalue weighted by atomic mass is 16.3. The van der Waals surface area contributed by atoms with Crippen LogP contribution in [0.1, 0.15) is 23.6 Å². The van der Waals surface area contributed by atoms with Gasteiger partial charge in [0.2, 0.25) is 0 Å². The fourth-order valence-corrected chi connectivity index (χ4v) is 8.83. The standard InChI is InChI=1S/C55H39N3O/c1-36-53(39-17-4-2-5-18-39)56-55(40-19-6-3-7-20-40)57-54(36)48-26-14-28-50-52(48)47-32-30-43(35-51(47)59-50)42-23-12-24-44(34-42)58(45-31-29-37-15-8-9-21-41(37)33-45)49-27-13-22-38-16-10-11-25-46(38)49/h2-17,19-35,39H,18H2,1H3. The number of hydrogen-bond acceptors (Lipinski definition) is 4. The third-order valence-electron chi connectivity index (χ3n) is 11.7. The van der Waals surface area contributed by atoms with E-state index in [4.69, 9.17) is 14.4 Å². The van der Waals surface area contributed by atoms with Crippen molar-refractivity contribution >= 4 is 60.5 Å². The van der Waals surface area contributed by atoms with E-state index in [-0.39, 0.29) is 5.92 Å². The van der Waals surface area contributed by atoms with Gasteiger partial charge in [-0.3, -0.25) is 0 Å². The highest BCUT2D eigenvalue weighted by Crippen LogP contribution is 2.43. The normalized spacial score (nSPS) is 13.8. The van der Waals surface area contributed by atoms with Crippen molar-refractivity contribution in [2.45, 2.75) is 19.3 Å². The summed E-state index contributed by atoms with van der Waals surface area (Å²) >= 11 is 0. The zero-order valence-corrected chi connectivity index (χ0v) is 32.6. The number of allylic oxidation sites excluding steroid dienone is 4. The van der Waals surface area contributed by atoms with Crippen molar-refractivity contribution < 1.29 is 4.42 Å². The quantitative estimate of drug-likeness (QED) is 0.162. The van der Waals surface area contributed by atoms with Gasteiger partial charge in [0, 0.05) is 44.6 Å². The number of aromatic nitrogens is 2. The Hall–Kier alpha value is -7.56. The number of furan rings is 1. The van der Waals surface area contributed by atoms with E-state index in [1.165, 1.54) is 21.5 Å². The van der Waals surface area contributed by atoms with Gasteiger partial charge in [-0.25, -0.2) is 9.97 Å². The van der Waals surface area contributed by atoms with Gasteiger partial charge in [0.1, 0.15) is 11.2 Å². The summed E-state index contributed by atoms with van der Waals surface area (Å²) in [6, 6.07) is 62.5. The second kappa shape index (κ2) is 14.4. The molecule has 1 aliphatic carbocycles. The largest absolute Gasteiger partial charge is 0.456 e. The first-order valence-electron chi connectivity index (χ1n) is 20.3. The highest BCUT2D eigenvalue weighted by molar-refractivity contribution is 6.13. The van der Waals surface area contributed by atoms with Crippen LogP contribution < -0.4 is 4.90 Å². The van der Waals surface area contributed by atoms with E-state index in [9.17, 15) is 0 Å². The predicted molar refractivity (Wildman–Crippen MR) is 246 cm³/mol. The first-order valence-corrected chi connectivity index (χ1v) is 20.3. The summed E-state index contributed by atoms with van der Waals surface area (Å²) in [5.41, 5.74) is 12.3. The van der Waals surface area contributed by atoms with Crippen LogP contribution in [0.3, 0.4) is 0 Å². The number of benzene rings is 8. The molecule has 1 unspecified atom stereocenters. The van der Waals surface area contributed by atoms with E-state index in [1.54, 1.807) is 0 Å². The molecule has 4 nitrogen and oxygen atoms in total. The van der Waals surface area contributed by atoms with Crippen LogP contribution in [0.25, 0.3) is 77.3 Å². The Morgan fingerprint density at radius 1 is 0.542 bits per heavy atom. The van der Waals surface area contributed by atoms with Crippen molar-refractivity contribution in [1.82, 2.24) is 9.97 Å². The van der Waals surface area contributed by atoms with Crippen LogP contribution in [0.15, 0.2) is 205 Å². The van der Waals surface area contributed by atoms with Crippen LogP contribution in [-0.4, -0.2) is 9.97 Å². The van der Waals surface area contributed by atoms with Crippen molar-refractivity contribution in [3.8, 4) is 33.8 Å². The molecule has 1 aliphatic rings. The number of anilines is 3. The van der Waals surface area contributed by atoms with E-state index in [0.717, 1.165) is 90.5 Å². The molecular formula is C55H39N3O.